The Bertz CT molecular complexity index is 1380. The standard InChI is InChI=1S/C30H34N4O3/c1-5-20-36-24-16-19-34-26(22-10-7-6-8-11-22)25(32-27(34)31-24)21-12-14-23(15-13-21)30(17-9-18-30)33-28(35)37-29(2,3)4/h6-8,10-16,19H,5,9,17-18,20H2,1-4H3,(H,33,35). The van der Waals surface area contributed by atoms with Gasteiger partial charge in [-0.25, -0.2) is 9.78 Å². The largest absolute Gasteiger partial charge is 0.478 e. The number of rotatable bonds is 7. The zero-order valence-electron chi connectivity index (χ0n) is 22.0. The smallest absolute Gasteiger partial charge is 0.408 e. The summed E-state index contributed by atoms with van der Waals surface area (Å²) < 4.78 is 13.3. The van der Waals surface area contributed by atoms with E-state index in [-0.39, 0.29) is 6.09 Å². The molecule has 37 heavy (non-hydrogen) atoms. The van der Waals surface area contributed by atoms with Gasteiger partial charge in [0, 0.05) is 23.4 Å². The van der Waals surface area contributed by atoms with E-state index in [9.17, 15) is 4.79 Å². The lowest BCUT2D eigenvalue weighted by atomic mass is 9.71. The van der Waals surface area contributed by atoms with Gasteiger partial charge >= 0.3 is 6.09 Å². The molecule has 0 spiro atoms. The van der Waals surface area contributed by atoms with Crippen molar-refractivity contribution in [3.8, 4) is 28.4 Å². The van der Waals surface area contributed by atoms with E-state index in [1.54, 1.807) is 0 Å². The van der Waals surface area contributed by atoms with Gasteiger partial charge in [0.05, 0.1) is 23.5 Å². The fourth-order valence-electron chi connectivity index (χ4n) is 4.74. The lowest BCUT2D eigenvalue weighted by Crippen LogP contribution is -2.52. The van der Waals surface area contributed by atoms with Crippen LogP contribution in [0, 0.1) is 0 Å². The number of amides is 1. The zero-order chi connectivity index (χ0) is 26.0. The normalized spacial score (nSPS) is 14.7. The summed E-state index contributed by atoms with van der Waals surface area (Å²) in [5.74, 6) is 1.16. The molecule has 2 aromatic carbocycles. The number of hydrogen-bond donors (Lipinski definition) is 1. The average molecular weight is 499 g/mol. The van der Waals surface area contributed by atoms with Crippen molar-refractivity contribution in [2.24, 2.45) is 0 Å². The number of nitrogens with zero attached hydrogens (tertiary/aromatic N) is 3. The minimum absolute atomic E-state index is 0.379. The lowest BCUT2D eigenvalue weighted by molar-refractivity contribution is 0.0377. The number of nitrogens with one attached hydrogen (secondary N) is 1. The first-order chi connectivity index (χ1) is 17.8. The summed E-state index contributed by atoms with van der Waals surface area (Å²) >= 11 is 0. The molecule has 0 saturated heterocycles. The van der Waals surface area contributed by atoms with Crippen LogP contribution in [0.25, 0.3) is 28.3 Å². The van der Waals surface area contributed by atoms with Crippen LogP contribution in [-0.4, -0.2) is 32.7 Å². The molecule has 1 aliphatic rings. The van der Waals surface area contributed by atoms with Gasteiger partial charge in [-0.2, -0.15) is 4.98 Å². The molecule has 1 amide bonds. The maximum absolute atomic E-state index is 12.6. The Morgan fingerprint density at radius 1 is 1.00 bits per heavy atom. The third-order valence-electron chi connectivity index (χ3n) is 6.63. The molecule has 4 aromatic rings. The van der Waals surface area contributed by atoms with Crippen LogP contribution in [0.1, 0.15) is 58.9 Å². The summed E-state index contributed by atoms with van der Waals surface area (Å²) in [6.07, 6.45) is 5.35. The molecule has 7 nitrogen and oxygen atoms in total. The van der Waals surface area contributed by atoms with Crippen molar-refractivity contribution < 1.29 is 14.3 Å². The quantitative estimate of drug-likeness (QED) is 0.305. The van der Waals surface area contributed by atoms with Gasteiger partial charge in [0.25, 0.3) is 0 Å². The average Bonchev–Trinajstić information content (AvgIpc) is 3.23. The molecule has 0 unspecified atom stereocenters. The van der Waals surface area contributed by atoms with Gasteiger partial charge in [0.2, 0.25) is 11.7 Å². The van der Waals surface area contributed by atoms with E-state index in [1.165, 1.54) is 0 Å². The number of imidazole rings is 1. The highest BCUT2D eigenvalue weighted by molar-refractivity contribution is 5.81. The Morgan fingerprint density at radius 3 is 2.35 bits per heavy atom. The molecule has 1 aliphatic carbocycles. The molecular formula is C30H34N4O3. The van der Waals surface area contributed by atoms with E-state index in [0.29, 0.717) is 18.3 Å². The van der Waals surface area contributed by atoms with Crippen molar-refractivity contribution in [1.29, 1.82) is 0 Å². The van der Waals surface area contributed by atoms with E-state index in [2.05, 4.69) is 53.6 Å². The first-order valence-electron chi connectivity index (χ1n) is 13.0. The molecule has 0 radical (unpaired) electrons. The summed E-state index contributed by atoms with van der Waals surface area (Å²) in [6.45, 7) is 8.31. The Hall–Kier alpha value is -3.87. The molecule has 0 aliphatic heterocycles. The van der Waals surface area contributed by atoms with Crippen molar-refractivity contribution in [3.63, 3.8) is 0 Å². The fraction of sp³-hybridized carbons (Fsp3) is 0.367. The number of carbonyl (C=O) groups is 1. The fourth-order valence-corrected chi connectivity index (χ4v) is 4.74. The molecule has 5 rings (SSSR count). The first kappa shape index (κ1) is 24.8. The number of hydrogen-bond acceptors (Lipinski definition) is 5. The molecular weight excluding hydrogens is 464 g/mol. The van der Waals surface area contributed by atoms with Gasteiger partial charge in [0.1, 0.15) is 5.60 Å². The number of benzene rings is 2. The molecule has 1 N–H and O–H groups in total. The van der Waals surface area contributed by atoms with Gasteiger partial charge in [-0.1, -0.05) is 61.5 Å². The van der Waals surface area contributed by atoms with Crippen LogP contribution >= 0.6 is 0 Å². The van der Waals surface area contributed by atoms with Crippen LogP contribution in [0.2, 0.25) is 0 Å². The van der Waals surface area contributed by atoms with E-state index in [1.807, 2.05) is 55.6 Å². The summed E-state index contributed by atoms with van der Waals surface area (Å²) in [4.78, 5) is 22.1. The highest BCUT2D eigenvalue weighted by Crippen LogP contribution is 2.42. The van der Waals surface area contributed by atoms with Gasteiger partial charge in [0.15, 0.2) is 0 Å². The Kier molecular flexibility index (Phi) is 6.63. The molecule has 0 bridgehead atoms. The second kappa shape index (κ2) is 9.88. The first-order valence-corrected chi connectivity index (χ1v) is 13.0. The second-order valence-corrected chi connectivity index (χ2v) is 10.6. The van der Waals surface area contributed by atoms with Crippen molar-refractivity contribution in [2.45, 2.75) is 64.5 Å². The molecule has 2 heterocycles. The third kappa shape index (κ3) is 5.17. The topological polar surface area (TPSA) is 77.8 Å². The highest BCUT2D eigenvalue weighted by Gasteiger charge is 2.41. The number of ether oxygens (including phenoxy) is 2. The van der Waals surface area contributed by atoms with Gasteiger partial charge in [-0.05, 0) is 52.0 Å². The minimum atomic E-state index is -0.536. The maximum atomic E-state index is 12.6. The SMILES string of the molecule is CCCOc1ccn2c(-c3ccccc3)c(-c3ccc(C4(NC(=O)OC(C)(C)C)CCC4)cc3)nc2n1. The predicted octanol–water partition coefficient (Wildman–Crippen LogP) is 6.76. The lowest BCUT2D eigenvalue weighted by Gasteiger charge is -2.43. The van der Waals surface area contributed by atoms with Gasteiger partial charge < -0.3 is 14.8 Å². The number of fused-ring (bicyclic) bond motifs is 1. The van der Waals surface area contributed by atoms with Crippen LogP contribution in [0.3, 0.4) is 0 Å². The third-order valence-corrected chi connectivity index (χ3v) is 6.63. The summed E-state index contributed by atoms with van der Waals surface area (Å²) in [6, 6.07) is 20.4. The summed E-state index contributed by atoms with van der Waals surface area (Å²) in [5.41, 5.74) is 4.01. The highest BCUT2D eigenvalue weighted by atomic mass is 16.6. The van der Waals surface area contributed by atoms with E-state index < -0.39 is 11.1 Å². The van der Waals surface area contributed by atoms with E-state index in [4.69, 9.17) is 14.5 Å². The summed E-state index contributed by atoms with van der Waals surface area (Å²) in [5, 5.41) is 3.14. The van der Waals surface area contributed by atoms with Crippen molar-refractivity contribution >= 4 is 11.9 Å². The molecule has 1 fully saturated rings. The summed E-state index contributed by atoms with van der Waals surface area (Å²) in [7, 11) is 0. The number of aromatic nitrogens is 3. The second-order valence-electron chi connectivity index (χ2n) is 10.6. The predicted molar refractivity (Wildman–Crippen MR) is 145 cm³/mol. The number of carbonyl (C=O) groups excluding carboxylic acids is 1. The monoisotopic (exact) mass is 498 g/mol. The van der Waals surface area contributed by atoms with Crippen LogP contribution in [0.4, 0.5) is 4.79 Å². The molecule has 1 saturated carbocycles. The molecule has 0 atom stereocenters. The van der Waals surface area contributed by atoms with Gasteiger partial charge in [-0.15, -0.1) is 0 Å². The molecule has 2 aromatic heterocycles. The maximum Gasteiger partial charge on any atom is 0.408 e. The van der Waals surface area contributed by atoms with Crippen LogP contribution < -0.4 is 10.1 Å². The minimum Gasteiger partial charge on any atom is -0.478 e. The van der Waals surface area contributed by atoms with Gasteiger partial charge in [-0.3, -0.25) is 4.40 Å². The molecule has 192 valence electrons. The van der Waals surface area contributed by atoms with Crippen molar-refractivity contribution in [1.82, 2.24) is 19.7 Å². The Morgan fingerprint density at radius 2 is 1.73 bits per heavy atom. The van der Waals surface area contributed by atoms with Crippen LogP contribution in [0.5, 0.6) is 5.88 Å². The van der Waals surface area contributed by atoms with E-state index in [0.717, 1.165) is 53.8 Å². The zero-order valence-corrected chi connectivity index (χ0v) is 22.0. The van der Waals surface area contributed by atoms with Crippen LogP contribution in [0.15, 0.2) is 66.9 Å². The Labute approximate surface area is 217 Å². The van der Waals surface area contributed by atoms with Crippen molar-refractivity contribution in [2.75, 3.05) is 6.61 Å². The molecule has 7 heteroatoms. The van der Waals surface area contributed by atoms with Crippen molar-refractivity contribution in [3.05, 3.63) is 72.4 Å². The Balaban J connectivity index is 1.51. The number of alkyl carbamates (subject to hydrolysis) is 1. The van der Waals surface area contributed by atoms with Crippen LogP contribution in [-0.2, 0) is 10.3 Å². The van der Waals surface area contributed by atoms with E-state index >= 15 is 0 Å².